The fraction of sp³-hybridized carbons (Fsp3) is 1.00. The van der Waals surface area contributed by atoms with Gasteiger partial charge in [0.2, 0.25) is 0 Å². The summed E-state index contributed by atoms with van der Waals surface area (Å²) < 4.78 is 22.1. The molecule has 58 valence electrons. The number of hydrogen-bond donors (Lipinski definition) is 1. The van der Waals surface area contributed by atoms with Crippen LogP contribution in [-0.2, 0) is 15.5 Å². The SMILES string of the molecule is [N-]=[N+]=NCCCOS(=O)O. The van der Waals surface area contributed by atoms with Gasteiger partial charge in [-0.2, -0.15) is 4.21 Å². The Bertz CT molecular complexity index is 151. The van der Waals surface area contributed by atoms with Crippen LogP contribution in [0.5, 0.6) is 0 Å². The van der Waals surface area contributed by atoms with Crippen LogP contribution in [0.15, 0.2) is 5.11 Å². The van der Waals surface area contributed by atoms with Crippen molar-refractivity contribution in [3.8, 4) is 0 Å². The molecule has 0 saturated carbocycles. The average Bonchev–Trinajstić information content (AvgIpc) is 1.87. The highest BCUT2D eigenvalue weighted by Crippen LogP contribution is 1.85. The van der Waals surface area contributed by atoms with Gasteiger partial charge in [0.1, 0.15) is 0 Å². The lowest BCUT2D eigenvalue weighted by Crippen LogP contribution is -1.98. The van der Waals surface area contributed by atoms with Crippen LogP contribution >= 0.6 is 0 Å². The molecule has 0 rings (SSSR count). The van der Waals surface area contributed by atoms with Crippen LogP contribution in [0.1, 0.15) is 6.42 Å². The van der Waals surface area contributed by atoms with Gasteiger partial charge in [0.15, 0.2) is 0 Å². The molecule has 1 N–H and O–H groups in total. The molecule has 0 aromatic rings. The standard InChI is InChI=1S/C3H7N3O3S/c4-6-5-2-1-3-9-10(7)8/h1-3H2,(H,7,8). The third kappa shape index (κ3) is 7.38. The summed E-state index contributed by atoms with van der Waals surface area (Å²) in [5, 5.41) is 3.19. The molecule has 0 spiro atoms. The number of nitrogens with zero attached hydrogens (tertiary/aromatic N) is 3. The van der Waals surface area contributed by atoms with Gasteiger partial charge in [-0.3, -0.25) is 8.74 Å². The molecule has 0 aromatic heterocycles. The number of hydrogen-bond acceptors (Lipinski definition) is 3. The Balaban J connectivity index is 3.05. The quantitative estimate of drug-likeness (QED) is 0.215. The van der Waals surface area contributed by atoms with Gasteiger partial charge in [0.25, 0.3) is 0 Å². The highest BCUT2D eigenvalue weighted by Gasteiger charge is 1.90. The summed E-state index contributed by atoms with van der Waals surface area (Å²) in [6.45, 7) is 0.413. The molecule has 0 bridgehead atoms. The van der Waals surface area contributed by atoms with Gasteiger partial charge in [0, 0.05) is 11.5 Å². The van der Waals surface area contributed by atoms with Crippen molar-refractivity contribution in [3.05, 3.63) is 10.4 Å². The molecule has 0 aliphatic carbocycles. The summed E-state index contributed by atoms with van der Waals surface area (Å²) in [4.78, 5) is 2.48. The van der Waals surface area contributed by atoms with E-state index >= 15 is 0 Å². The van der Waals surface area contributed by atoms with Crippen molar-refractivity contribution in [2.45, 2.75) is 6.42 Å². The van der Waals surface area contributed by atoms with Crippen molar-refractivity contribution < 1.29 is 12.9 Å². The Morgan fingerprint density at radius 3 is 3.00 bits per heavy atom. The zero-order valence-electron chi connectivity index (χ0n) is 5.13. The Labute approximate surface area is 60.3 Å². The van der Waals surface area contributed by atoms with Crippen LogP contribution in [0.4, 0.5) is 0 Å². The first-order valence-electron chi connectivity index (χ1n) is 2.52. The minimum absolute atomic E-state index is 0.127. The van der Waals surface area contributed by atoms with E-state index in [2.05, 4.69) is 14.2 Å². The second-order valence-electron chi connectivity index (χ2n) is 1.35. The van der Waals surface area contributed by atoms with Crippen molar-refractivity contribution in [2.75, 3.05) is 13.2 Å². The van der Waals surface area contributed by atoms with E-state index in [1.807, 2.05) is 0 Å². The molecule has 0 aliphatic rings. The van der Waals surface area contributed by atoms with Gasteiger partial charge in [-0.05, 0) is 12.0 Å². The summed E-state index contributed by atoms with van der Waals surface area (Å²) in [6.07, 6.45) is 0.455. The zero-order chi connectivity index (χ0) is 7.82. The Hall–Kier alpha value is -0.620. The van der Waals surface area contributed by atoms with Gasteiger partial charge in [0.05, 0.1) is 6.61 Å². The minimum atomic E-state index is -2.21. The van der Waals surface area contributed by atoms with Crippen LogP contribution in [0.25, 0.3) is 10.4 Å². The summed E-state index contributed by atoms with van der Waals surface area (Å²) in [5.41, 5.74) is 7.78. The van der Waals surface area contributed by atoms with E-state index in [1.165, 1.54) is 0 Å². The smallest absolute Gasteiger partial charge is 0.284 e. The molecule has 0 amide bonds. The molecule has 0 radical (unpaired) electrons. The minimum Gasteiger partial charge on any atom is -0.284 e. The van der Waals surface area contributed by atoms with Crippen molar-refractivity contribution in [3.63, 3.8) is 0 Å². The highest BCUT2D eigenvalue weighted by molar-refractivity contribution is 7.74. The Kier molecular flexibility index (Phi) is 6.10. The van der Waals surface area contributed by atoms with E-state index in [4.69, 9.17) is 10.1 Å². The maximum absolute atomic E-state index is 9.82. The fourth-order valence-electron chi connectivity index (χ4n) is 0.310. The lowest BCUT2D eigenvalue weighted by Gasteiger charge is -1.92. The van der Waals surface area contributed by atoms with Gasteiger partial charge >= 0.3 is 11.4 Å². The van der Waals surface area contributed by atoms with Gasteiger partial charge in [-0.25, -0.2) is 0 Å². The fourth-order valence-corrected chi connectivity index (χ4v) is 0.571. The van der Waals surface area contributed by atoms with E-state index < -0.39 is 11.4 Å². The molecule has 0 aromatic carbocycles. The van der Waals surface area contributed by atoms with E-state index in [9.17, 15) is 4.21 Å². The second kappa shape index (κ2) is 6.50. The molecule has 6 nitrogen and oxygen atoms in total. The number of azide groups is 1. The van der Waals surface area contributed by atoms with E-state index in [0.717, 1.165) is 0 Å². The Morgan fingerprint density at radius 2 is 2.50 bits per heavy atom. The summed E-state index contributed by atoms with van der Waals surface area (Å²) in [7, 11) is 0. The van der Waals surface area contributed by atoms with Gasteiger partial charge in [-0.1, -0.05) is 5.11 Å². The molecule has 0 aliphatic heterocycles. The lowest BCUT2D eigenvalue weighted by atomic mass is 10.5. The zero-order valence-corrected chi connectivity index (χ0v) is 5.95. The molecule has 0 fully saturated rings. The van der Waals surface area contributed by atoms with Crippen LogP contribution in [0.3, 0.4) is 0 Å². The van der Waals surface area contributed by atoms with Crippen molar-refractivity contribution in [2.24, 2.45) is 5.11 Å². The lowest BCUT2D eigenvalue weighted by molar-refractivity contribution is 0.303. The average molecular weight is 165 g/mol. The molecule has 10 heavy (non-hydrogen) atoms. The predicted molar refractivity (Wildman–Crippen MR) is 35.4 cm³/mol. The third-order valence-electron chi connectivity index (χ3n) is 0.650. The maximum Gasteiger partial charge on any atom is 0.301 e. The maximum atomic E-state index is 9.82. The first-order chi connectivity index (χ1) is 4.77. The van der Waals surface area contributed by atoms with Gasteiger partial charge in [-0.15, -0.1) is 0 Å². The van der Waals surface area contributed by atoms with E-state index in [0.29, 0.717) is 6.42 Å². The monoisotopic (exact) mass is 165 g/mol. The highest BCUT2D eigenvalue weighted by atomic mass is 32.2. The van der Waals surface area contributed by atoms with Crippen LogP contribution < -0.4 is 0 Å². The summed E-state index contributed by atoms with van der Waals surface area (Å²) in [6, 6.07) is 0. The van der Waals surface area contributed by atoms with Crippen molar-refractivity contribution in [1.29, 1.82) is 0 Å². The van der Waals surface area contributed by atoms with Crippen molar-refractivity contribution in [1.82, 2.24) is 0 Å². The molecule has 1 atom stereocenters. The van der Waals surface area contributed by atoms with Crippen LogP contribution in [-0.4, -0.2) is 21.9 Å². The normalized spacial score (nSPS) is 12.1. The van der Waals surface area contributed by atoms with E-state index in [-0.39, 0.29) is 13.2 Å². The summed E-state index contributed by atoms with van der Waals surface area (Å²) in [5.74, 6) is 0. The predicted octanol–water partition coefficient (Wildman–Crippen LogP) is 0.840. The first-order valence-corrected chi connectivity index (χ1v) is 3.55. The molecular formula is C3H7N3O3S. The molecule has 0 heterocycles. The van der Waals surface area contributed by atoms with Crippen LogP contribution in [0.2, 0.25) is 0 Å². The number of rotatable bonds is 5. The molecule has 1 unspecified atom stereocenters. The largest absolute Gasteiger partial charge is 0.301 e. The van der Waals surface area contributed by atoms with Crippen LogP contribution in [0, 0.1) is 0 Å². The molecule has 7 heteroatoms. The molecule has 0 saturated heterocycles. The first kappa shape index (κ1) is 9.38. The Morgan fingerprint density at radius 1 is 1.80 bits per heavy atom. The third-order valence-corrected chi connectivity index (χ3v) is 1.02. The van der Waals surface area contributed by atoms with Crippen molar-refractivity contribution >= 4 is 11.4 Å². The molecular weight excluding hydrogens is 158 g/mol. The van der Waals surface area contributed by atoms with Gasteiger partial charge < -0.3 is 0 Å². The summed E-state index contributed by atoms with van der Waals surface area (Å²) >= 11 is -2.21. The second-order valence-corrected chi connectivity index (χ2v) is 2.02. The topological polar surface area (TPSA) is 95.3 Å². The van der Waals surface area contributed by atoms with E-state index in [1.54, 1.807) is 0 Å².